The molecule has 0 spiro atoms. The molecule has 1 heteroatoms. The summed E-state index contributed by atoms with van der Waals surface area (Å²) in [5.41, 5.74) is 0. The van der Waals surface area contributed by atoms with Crippen molar-refractivity contribution in [2.75, 3.05) is 5.75 Å². The molecule has 0 aliphatic carbocycles. The molecule has 1 aliphatic heterocycles. The first kappa shape index (κ1) is 5.36. The third kappa shape index (κ3) is 1.64. The van der Waals surface area contributed by atoms with E-state index in [1.165, 1.54) is 25.0 Å². The summed E-state index contributed by atoms with van der Waals surface area (Å²) in [6.45, 7) is 2.24. The Morgan fingerprint density at radius 3 is 2.57 bits per heavy atom. The van der Waals surface area contributed by atoms with Crippen LogP contribution in [0.5, 0.6) is 0 Å². The summed E-state index contributed by atoms with van der Waals surface area (Å²) >= 11 is 2.03. The second kappa shape index (κ2) is 2.51. The van der Waals surface area contributed by atoms with Crippen LogP contribution in [0.25, 0.3) is 0 Å². The van der Waals surface area contributed by atoms with Crippen LogP contribution in [-0.2, 0) is 0 Å². The maximum Gasteiger partial charge on any atom is 0.154 e. The molecule has 0 N–H and O–H groups in total. The molecule has 1 fully saturated rings. The van der Waals surface area contributed by atoms with Gasteiger partial charge >= 0.3 is 0 Å². The van der Waals surface area contributed by atoms with Crippen molar-refractivity contribution in [3.8, 4) is 0 Å². The lowest BCUT2D eigenvalue weighted by Gasteiger charge is -2.03. The molecular formula is C6H11S+. The molecule has 0 radical (unpaired) electrons. The average molecular weight is 115 g/mol. The van der Waals surface area contributed by atoms with E-state index in [0.29, 0.717) is 0 Å². The lowest BCUT2D eigenvalue weighted by atomic mass is 10.2. The Balaban J connectivity index is 2.12. The van der Waals surface area contributed by atoms with Crippen molar-refractivity contribution >= 4 is 11.8 Å². The highest BCUT2D eigenvalue weighted by molar-refractivity contribution is 8.02. The summed E-state index contributed by atoms with van der Waals surface area (Å²) in [5, 5.41) is 1.63. The molecule has 0 unspecified atom stereocenters. The molecule has 0 nitrogen and oxygen atoms in total. The molecule has 40 valence electrons. The Hall–Kier alpha value is 0.220. The van der Waals surface area contributed by atoms with Gasteiger partial charge in [-0.15, -0.1) is 0 Å². The monoisotopic (exact) mass is 115 g/mol. The molecule has 0 saturated carbocycles. The third-order valence-electron chi connectivity index (χ3n) is 1.27. The zero-order chi connectivity index (χ0) is 5.11. The topological polar surface area (TPSA) is 0 Å². The fourth-order valence-corrected chi connectivity index (χ4v) is 1.78. The highest BCUT2D eigenvalue weighted by atomic mass is 32.2. The van der Waals surface area contributed by atoms with E-state index in [9.17, 15) is 0 Å². The summed E-state index contributed by atoms with van der Waals surface area (Å²) in [5.74, 6) is 1.37. The Bertz CT molecular complexity index is 46.1. The van der Waals surface area contributed by atoms with Crippen molar-refractivity contribution in [2.45, 2.75) is 26.2 Å². The van der Waals surface area contributed by atoms with Crippen LogP contribution >= 0.6 is 11.8 Å². The minimum Gasteiger partial charge on any atom is -0.0360 e. The summed E-state index contributed by atoms with van der Waals surface area (Å²) in [7, 11) is 0. The smallest absolute Gasteiger partial charge is 0.0360 e. The minimum atomic E-state index is 1.37. The Kier molecular flexibility index (Phi) is 1.92. The van der Waals surface area contributed by atoms with Gasteiger partial charge in [0.1, 0.15) is 6.42 Å². The highest BCUT2D eigenvalue weighted by Crippen LogP contribution is 2.30. The van der Waals surface area contributed by atoms with E-state index < -0.39 is 0 Å². The first-order chi connectivity index (χ1) is 3.39. The van der Waals surface area contributed by atoms with Gasteiger partial charge in [-0.25, -0.2) is 0 Å². The van der Waals surface area contributed by atoms with Crippen LogP contribution in [0, 0.1) is 5.25 Å². The molecule has 7 heavy (non-hydrogen) atoms. The average Bonchev–Trinajstić information content (AvgIpc) is 1.69. The van der Waals surface area contributed by atoms with Crippen LogP contribution in [0.15, 0.2) is 0 Å². The van der Waals surface area contributed by atoms with Crippen LogP contribution < -0.4 is 0 Å². The number of thioether (sulfide) groups is 1. The van der Waals surface area contributed by atoms with E-state index in [2.05, 4.69) is 6.92 Å². The summed E-state index contributed by atoms with van der Waals surface area (Å²) in [6, 6.07) is 0. The molecule has 0 aromatic heterocycles. The highest BCUT2D eigenvalue weighted by Gasteiger charge is 2.18. The Labute approximate surface area is 49.7 Å². The fraction of sp³-hybridized carbons (Fsp3) is 0.833. The maximum atomic E-state index is 2.24. The van der Waals surface area contributed by atoms with Crippen molar-refractivity contribution in [2.24, 2.45) is 0 Å². The summed E-state index contributed by atoms with van der Waals surface area (Å²) in [4.78, 5) is 0. The quantitative estimate of drug-likeness (QED) is 0.437. The largest absolute Gasteiger partial charge is 0.154 e. The molecule has 1 rings (SSSR count). The number of hydrogen-bond donors (Lipinski definition) is 0. The Morgan fingerprint density at radius 1 is 1.43 bits per heavy atom. The van der Waals surface area contributed by atoms with E-state index in [-0.39, 0.29) is 0 Å². The molecule has 0 amide bonds. The molecule has 0 bridgehead atoms. The summed E-state index contributed by atoms with van der Waals surface area (Å²) in [6.07, 6.45) is 4.23. The van der Waals surface area contributed by atoms with Gasteiger partial charge < -0.3 is 0 Å². The predicted octanol–water partition coefficient (Wildman–Crippen LogP) is 2.46. The van der Waals surface area contributed by atoms with Crippen molar-refractivity contribution in [3.05, 3.63) is 5.25 Å². The van der Waals surface area contributed by atoms with E-state index in [1.807, 2.05) is 11.8 Å². The lowest BCUT2D eigenvalue weighted by molar-refractivity contribution is 0.757. The number of rotatable bonds is 0. The van der Waals surface area contributed by atoms with Crippen molar-refractivity contribution in [1.29, 1.82) is 0 Å². The van der Waals surface area contributed by atoms with E-state index in [1.54, 1.807) is 5.25 Å². The van der Waals surface area contributed by atoms with Gasteiger partial charge in [-0.1, -0.05) is 0 Å². The van der Waals surface area contributed by atoms with Gasteiger partial charge in [-0.3, -0.25) is 0 Å². The Morgan fingerprint density at radius 2 is 2.29 bits per heavy atom. The minimum absolute atomic E-state index is 1.37. The zero-order valence-corrected chi connectivity index (χ0v) is 5.55. The molecule has 1 saturated heterocycles. The normalized spacial score (nSPS) is 22.7. The van der Waals surface area contributed by atoms with Crippen LogP contribution in [-0.4, -0.2) is 5.75 Å². The standard InChI is InChI=1S/C6H11S/c1-6-4-2-3-5-7-6/h2-5H2,1H3/q+1. The second-order valence-corrected chi connectivity index (χ2v) is 3.40. The first-order valence-electron chi connectivity index (χ1n) is 2.85. The molecule has 1 aliphatic rings. The molecule has 1 heterocycles. The van der Waals surface area contributed by atoms with E-state index in [4.69, 9.17) is 0 Å². The van der Waals surface area contributed by atoms with Crippen LogP contribution in [0.4, 0.5) is 0 Å². The lowest BCUT2D eigenvalue weighted by Crippen LogP contribution is -1.95. The fourth-order valence-electron chi connectivity index (χ4n) is 0.795. The van der Waals surface area contributed by atoms with E-state index in [0.717, 1.165) is 0 Å². The maximum absolute atomic E-state index is 2.24. The van der Waals surface area contributed by atoms with Gasteiger partial charge in [-0.2, -0.15) is 0 Å². The molecule has 0 aromatic rings. The van der Waals surface area contributed by atoms with Crippen molar-refractivity contribution in [3.63, 3.8) is 0 Å². The van der Waals surface area contributed by atoms with Gasteiger partial charge in [0.05, 0.1) is 18.7 Å². The van der Waals surface area contributed by atoms with Gasteiger partial charge in [0.15, 0.2) is 5.25 Å². The second-order valence-electron chi connectivity index (χ2n) is 2.01. The third-order valence-corrected chi connectivity index (χ3v) is 2.46. The van der Waals surface area contributed by atoms with Crippen LogP contribution in [0.1, 0.15) is 26.2 Å². The predicted molar refractivity (Wildman–Crippen MR) is 35.2 cm³/mol. The number of hydrogen-bond acceptors (Lipinski definition) is 1. The van der Waals surface area contributed by atoms with Crippen molar-refractivity contribution in [1.82, 2.24) is 0 Å². The van der Waals surface area contributed by atoms with Gasteiger partial charge in [0.2, 0.25) is 0 Å². The molecule has 0 aromatic carbocycles. The van der Waals surface area contributed by atoms with Gasteiger partial charge in [0, 0.05) is 5.75 Å². The first-order valence-corrected chi connectivity index (χ1v) is 3.83. The summed E-state index contributed by atoms with van der Waals surface area (Å²) < 4.78 is 0. The van der Waals surface area contributed by atoms with Crippen LogP contribution in [0.2, 0.25) is 0 Å². The van der Waals surface area contributed by atoms with Crippen molar-refractivity contribution < 1.29 is 0 Å². The molecular weight excluding hydrogens is 104 g/mol. The molecule has 0 atom stereocenters. The van der Waals surface area contributed by atoms with Crippen LogP contribution in [0.3, 0.4) is 0 Å². The van der Waals surface area contributed by atoms with Gasteiger partial charge in [0.25, 0.3) is 0 Å². The zero-order valence-electron chi connectivity index (χ0n) is 4.74. The SMILES string of the molecule is C[C+]1CCCCS1. The van der Waals surface area contributed by atoms with E-state index >= 15 is 0 Å². The van der Waals surface area contributed by atoms with Gasteiger partial charge in [-0.05, 0) is 12.8 Å².